The lowest BCUT2D eigenvalue weighted by Gasteiger charge is -2.08. The molecule has 17 heavy (non-hydrogen) atoms. The molecule has 0 fully saturated rings. The highest BCUT2D eigenvalue weighted by atomic mass is 16.3. The van der Waals surface area contributed by atoms with Crippen LogP contribution in [0.4, 0.5) is 0 Å². The summed E-state index contributed by atoms with van der Waals surface area (Å²) >= 11 is 0. The molecular weight excluding hydrogens is 218 g/mol. The topological polar surface area (TPSA) is 83.6 Å². The number of phenols is 2. The van der Waals surface area contributed by atoms with E-state index in [0.29, 0.717) is 5.56 Å². The summed E-state index contributed by atoms with van der Waals surface area (Å²) in [6.45, 7) is 0. The number of aromatic hydroxyl groups is 2. The van der Waals surface area contributed by atoms with E-state index in [-0.39, 0.29) is 11.3 Å². The van der Waals surface area contributed by atoms with Crippen LogP contribution in [0.3, 0.4) is 0 Å². The fourth-order valence-electron chi connectivity index (χ4n) is 1.63. The molecule has 0 atom stereocenters. The summed E-state index contributed by atoms with van der Waals surface area (Å²) < 4.78 is 0. The molecule has 86 valence electrons. The molecule has 0 aromatic heterocycles. The quantitative estimate of drug-likeness (QED) is 0.687. The third kappa shape index (κ3) is 1.92. The molecule has 0 bridgehead atoms. The van der Waals surface area contributed by atoms with Gasteiger partial charge in [-0.05, 0) is 17.7 Å². The van der Waals surface area contributed by atoms with E-state index in [1.165, 1.54) is 6.07 Å². The monoisotopic (exact) mass is 229 g/mol. The maximum atomic E-state index is 11.0. The van der Waals surface area contributed by atoms with E-state index < -0.39 is 11.7 Å². The molecule has 2 rings (SSSR count). The van der Waals surface area contributed by atoms with Gasteiger partial charge in [-0.1, -0.05) is 30.3 Å². The number of carbonyl (C=O) groups is 1. The van der Waals surface area contributed by atoms with Gasteiger partial charge in [-0.15, -0.1) is 0 Å². The summed E-state index contributed by atoms with van der Waals surface area (Å²) in [6.07, 6.45) is 0. The number of phenolic OH excluding ortho intramolecular Hbond substituents is 1. The molecule has 2 aromatic rings. The summed E-state index contributed by atoms with van der Waals surface area (Å²) in [5, 5.41) is 19.5. The Morgan fingerprint density at radius 3 is 2.18 bits per heavy atom. The molecule has 4 heteroatoms. The minimum Gasteiger partial charge on any atom is -0.504 e. The van der Waals surface area contributed by atoms with Crippen LogP contribution < -0.4 is 5.73 Å². The zero-order chi connectivity index (χ0) is 12.4. The normalized spacial score (nSPS) is 10.1. The average Bonchev–Trinajstić information content (AvgIpc) is 2.33. The zero-order valence-electron chi connectivity index (χ0n) is 8.92. The van der Waals surface area contributed by atoms with Crippen LogP contribution in [0, 0.1) is 0 Å². The van der Waals surface area contributed by atoms with Gasteiger partial charge in [0.25, 0.3) is 5.91 Å². The highest BCUT2D eigenvalue weighted by Crippen LogP contribution is 2.38. The van der Waals surface area contributed by atoms with Crippen LogP contribution in [0.1, 0.15) is 10.4 Å². The average molecular weight is 229 g/mol. The van der Waals surface area contributed by atoms with Crippen molar-refractivity contribution in [3.63, 3.8) is 0 Å². The Balaban J connectivity index is 2.60. The van der Waals surface area contributed by atoms with Gasteiger partial charge in [-0.2, -0.15) is 0 Å². The number of hydrogen-bond donors (Lipinski definition) is 3. The summed E-state index contributed by atoms with van der Waals surface area (Å²) in [4.78, 5) is 11.0. The number of carbonyl (C=O) groups excluding carboxylic acids is 1. The molecule has 4 nitrogen and oxygen atoms in total. The molecule has 4 N–H and O–H groups in total. The van der Waals surface area contributed by atoms with Gasteiger partial charge in [0, 0.05) is 5.56 Å². The summed E-state index contributed by atoms with van der Waals surface area (Å²) in [5.74, 6) is -1.61. The van der Waals surface area contributed by atoms with Crippen molar-refractivity contribution >= 4 is 5.91 Å². The first-order valence-electron chi connectivity index (χ1n) is 5.01. The van der Waals surface area contributed by atoms with Crippen LogP contribution in [0.25, 0.3) is 11.1 Å². The van der Waals surface area contributed by atoms with Gasteiger partial charge in [0.1, 0.15) is 0 Å². The number of nitrogens with two attached hydrogens (primary N) is 1. The molecule has 0 aliphatic carbocycles. The van der Waals surface area contributed by atoms with Crippen LogP contribution in [0.5, 0.6) is 11.5 Å². The van der Waals surface area contributed by atoms with E-state index in [1.807, 2.05) is 18.2 Å². The minimum atomic E-state index is -0.780. The Hall–Kier alpha value is -2.49. The molecule has 0 unspecified atom stereocenters. The Morgan fingerprint density at radius 1 is 0.941 bits per heavy atom. The summed E-state index contributed by atoms with van der Waals surface area (Å²) in [6, 6.07) is 12.0. The smallest absolute Gasteiger partial charge is 0.252 e. The lowest BCUT2D eigenvalue weighted by Crippen LogP contribution is -2.11. The van der Waals surface area contributed by atoms with Gasteiger partial charge in [-0.25, -0.2) is 0 Å². The molecule has 0 radical (unpaired) electrons. The Morgan fingerprint density at radius 2 is 1.59 bits per heavy atom. The molecule has 0 heterocycles. The highest BCUT2D eigenvalue weighted by molar-refractivity contribution is 5.97. The molecule has 0 spiro atoms. The Bertz CT molecular complexity index is 564. The van der Waals surface area contributed by atoms with Crippen molar-refractivity contribution in [3.05, 3.63) is 48.0 Å². The van der Waals surface area contributed by atoms with E-state index in [2.05, 4.69) is 0 Å². The predicted molar refractivity (Wildman–Crippen MR) is 63.7 cm³/mol. The van der Waals surface area contributed by atoms with Gasteiger partial charge in [0.2, 0.25) is 0 Å². The second kappa shape index (κ2) is 4.17. The molecule has 0 aliphatic rings. The second-order valence-electron chi connectivity index (χ2n) is 3.59. The molecule has 0 saturated heterocycles. The molecular formula is C13H11NO3. The number of primary amides is 1. The van der Waals surface area contributed by atoms with Crippen molar-refractivity contribution in [2.75, 3.05) is 0 Å². The fourth-order valence-corrected chi connectivity index (χ4v) is 1.63. The first-order chi connectivity index (χ1) is 8.11. The van der Waals surface area contributed by atoms with Gasteiger partial charge in [-0.3, -0.25) is 4.79 Å². The van der Waals surface area contributed by atoms with Crippen LogP contribution in [0.2, 0.25) is 0 Å². The maximum Gasteiger partial charge on any atom is 0.252 e. The van der Waals surface area contributed by atoms with Gasteiger partial charge >= 0.3 is 0 Å². The third-order valence-corrected chi connectivity index (χ3v) is 2.50. The summed E-state index contributed by atoms with van der Waals surface area (Å²) in [7, 11) is 0. The number of rotatable bonds is 2. The van der Waals surface area contributed by atoms with Crippen LogP contribution in [0.15, 0.2) is 42.5 Å². The standard InChI is InChI=1S/C13H11NO3/c14-13(17)10-7-6-9(11(15)12(10)16)8-4-2-1-3-5-8/h1-7,15-16H,(H2,14,17). The van der Waals surface area contributed by atoms with E-state index in [9.17, 15) is 15.0 Å². The Kier molecular flexibility index (Phi) is 2.70. The largest absolute Gasteiger partial charge is 0.504 e. The van der Waals surface area contributed by atoms with E-state index in [1.54, 1.807) is 18.2 Å². The first kappa shape index (κ1) is 11.0. The lowest BCUT2D eigenvalue weighted by atomic mass is 10.0. The number of hydrogen-bond acceptors (Lipinski definition) is 3. The van der Waals surface area contributed by atoms with Crippen LogP contribution in [-0.4, -0.2) is 16.1 Å². The van der Waals surface area contributed by atoms with Gasteiger partial charge < -0.3 is 15.9 Å². The van der Waals surface area contributed by atoms with E-state index in [4.69, 9.17) is 5.73 Å². The minimum absolute atomic E-state index is 0.0952. The molecule has 1 amide bonds. The fraction of sp³-hybridized carbons (Fsp3) is 0. The second-order valence-corrected chi connectivity index (χ2v) is 3.59. The summed E-state index contributed by atoms with van der Waals surface area (Å²) in [5.41, 5.74) is 6.17. The van der Waals surface area contributed by atoms with Gasteiger partial charge in [0.05, 0.1) is 5.56 Å². The zero-order valence-corrected chi connectivity index (χ0v) is 8.92. The van der Waals surface area contributed by atoms with Crippen molar-refractivity contribution in [3.8, 4) is 22.6 Å². The van der Waals surface area contributed by atoms with Crippen molar-refractivity contribution in [1.29, 1.82) is 0 Å². The van der Waals surface area contributed by atoms with E-state index >= 15 is 0 Å². The predicted octanol–water partition coefficient (Wildman–Crippen LogP) is 1.86. The van der Waals surface area contributed by atoms with Crippen molar-refractivity contribution in [1.82, 2.24) is 0 Å². The first-order valence-corrected chi connectivity index (χ1v) is 5.01. The highest BCUT2D eigenvalue weighted by Gasteiger charge is 2.15. The van der Waals surface area contributed by atoms with Crippen molar-refractivity contribution in [2.24, 2.45) is 5.73 Å². The number of benzene rings is 2. The molecule has 2 aromatic carbocycles. The maximum absolute atomic E-state index is 11.0. The van der Waals surface area contributed by atoms with E-state index in [0.717, 1.165) is 5.56 Å². The van der Waals surface area contributed by atoms with Crippen molar-refractivity contribution < 1.29 is 15.0 Å². The third-order valence-electron chi connectivity index (χ3n) is 2.50. The Labute approximate surface area is 97.9 Å². The van der Waals surface area contributed by atoms with Gasteiger partial charge in [0.15, 0.2) is 11.5 Å². The van der Waals surface area contributed by atoms with Crippen LogP contribution in [-0.2, 0) is 0 Å². The van der Waals surface area contributed by atoms with Crippen LogP contribution >= 0.6 is 0 Å². The SMILES string of the molecule is NC(=O)c1ccc(-c2ccccc2)c(O)c1O. The molecule has 0 saturated carbocycles. The van der Waals surface area contributed by atoms with Crippen molar-refractivity contribution in [2.45, 2.75) is 0 Å². The number of amides is 1. The lowest BCUT2D eigenvalue weighted by molar-refractivity contribution is 0.0997. The molecule has 0 aliphatic heterocycles.